The fraction of sp³-hybridized carbons (Fsp3) is 0.591. The molecule has 0 unspecified atom stereocenters. The Balaban J connectivity index is 1.78. The summed E-state index contributed by atoms with van der Waals surface area (Å²) in [4.78, 5) is 29.3. The van der Waals surface area contributed by atoms with Gasteiger partial charge in [0.2, 0.25) is 11.6 Å². The number of nitrogens with zero attached hydrogens (tertiary/aromatic N) is 1. The van der Waals surface area contributed by atoms with E-state index in [2.05, 4.69) is 11.9 Å². The molecule has 1 aliphatic rings. The molecule has 0 atom stereocenters. The Morgan fingerprint density at radius 1 is 0.885 bits per heavy atom. The quantitative estimate of drug-likeness (QED) is 0.452. The molecule has 0 radical (unpaired) electrons. The van der Waals surface area contributed by atoms with Gasteiger partial charge in [0.1, 0.15) is 5.69 Å². The number of Topliss-reactive ketones (excluding diaryl/α,β-unsaturated/α-hetero) is 2. The molecule has 1 aromatic heterocycles. The summed E-state index contributed by atoms with van der Waals surface area (Å²) in [6.07, 6.45) is 14.5. The van der Waals surface area contributed by atoms with Crippen molar-refractivity contribution in [2.45, 2.75) is 77.6 Å². The summed E-state index contributed by atoms with van der Waals surface area (Å²) in [7, 11) is 1.46. The monoisotopic (exact) mass is 357 g/mol. The van der Waals surface area contributed by atoms with Crippen LogP contribution in [0, 0.1) is 0 Å². The summed E-state index contributed by atoms with van der Waals surface area (Å²) >= 11 is 0. The zero-order chi connectivity index (χ0) is 18.8. The van der Waals surface area contributed by atoms with Crippen LogP contribution < -0.4 is 0 Å². The number of carbonyl (C=O) groups excluding carboxylic acids is 2. The van der Waals surface area contributed by atoms with Crippen molar-refractivity contribution in [1.29, 1.82) is 0 Å². The van der Waals surface area contributed by atoms with Crippen molar-refractivity contribution in [3.63, 3.8) is 0 Å². The van der Waals surface area contributed by atoms with Crippen LogP contribution in [0.1, 0.15) is 98.4 Å². The number of hydrogen-bond donors (Lipinski definition) is 0. The highest BCUT2D eigenvalue weighted by Gasteiger charge is 2.33. The number of ether oxygens (including phenoxy) is 1. The van der Waals surface area contributed by atoms with Crippen molar-refractivity contribution < 1.29 is 14.3 Å². The van der Waals surface area contributed by atoms with Crippen molar-refractivity contribution in [3.05, 3.63) is 40.9 Å². The summed E-state index contributed by atoms with van der Waals surface area (Å²) in [5.74, 6) is -0.184. The lowest BCUT2D eigenvalue weighted by atomic mass is 9.89. The number of fused-ring (bicyclic) bond motifs is 1. The van der Waals surface area contributed by atoms with Crippen LogP contribution in [-0.2, 0) is 4.74 Å². The highest BCUT2D eigenvalue weighted by Crippen LogP contribution is 2.28. The number of pyridine rings is 1. The van der Waals surface area contributed by atoms with E-state index >= 15 is 0 Å². The second kappa shape index (κ2) is 10.9. The maximum Gasteiger partial charge on any atom is 0.230 e. The molecule has 0 N–H and O–H groups in total. The maximum atomic E-state index is 12.7. The third kappa shape index (κ3) is 5.26. The van der Waals surface area contributed by atoms with Gasteiger partial charge in [-0.2, -0.15) is 0 Å². The van der Waals surface area contributed by atoms with Gasteiger partial charge in [-0.15, -0.1) is 0 Å². The topological polar surface area (TPSA) is 56.3 Å². The van der Waals surface area contributed by atoms with Crippen LogP contribution in [0.25, 0.3) is 0 Å². The van der Waals surface area contributed by atoms with Crippen molar-refractivity contribution in [1.82, 2.24) is 4.98 Å². The van der Waals surface area contributed by atoms with Crippen molar-refractivity contribution in [2.75, 3.05) is 7.11 Å². The molecule has 0 bridgehead atoms. The Bertz CT molecular complexity index is 649. The predicted molar refractivity (Wildman–Crippen MR) is 103 cm³/mol. The Labute approximate surface area is 157 Å². The molecule has 142 valence electrons. The highest BCUT2D eigenvalue weighted by molar-refractivity contribution is 6.25. The summed E-state index contributed by atoms with van der Waals surface area (Å²) in [5, 5.41) is 0. The molecule has 0 fully saturated rings. The molecule has 0 saturated heterocycles. The lowest BCUT2D eigenvalue weighted by Crippen LogP contribution is -2.24. The summed E-state index contributed by atoms with van der Waals surface area (Å²) < 4.78 is 5.27. The molecular formula is C22H31NO3. The predicted octanol–water partition coefficient (Wildman–Crippen LogP) is 5.67. The Morgan fingerprint density at radius 2 is 1.50 bits per heavy atom. The number of aromatic nitrogens is 1. The smallest absolute Gasteiger partial charge is 0.230 e. The third-order valence-electron chi connectivity index (χ3n) is 5.01. The second-order valence-corrected chi connectivity index (χ2v) is 7.00. The fourth-order valence-electron chi connectivity index (χ4n) is 3.51. The van der Waals surface area contributed by atoms with Crippen molar-refractivity contribution >= 4 is 11.6 Å². The van der Waals surface area contributed by atoms with E-state index < -0.39 is 0 Å². The molecule has 26 heavy (non-hydrogen) atoms. The van der Waals surface area contributed by atoms with Gasteiger partial charge in [0.05, 0.1) is 12.7 Å². The molecule has 0 saturated carbocycles. The molecule has 0 spiro atoms. The molecule has 4 nitrogen and oxygen atoms in total. The molecule has 4 heteroatoms. The van der Waals surface area contributed by atoms with E-state index in [0.29, 0.717) is 17.6 Å². The van der Waals surface area contributed by atoms with E-state index in [4.69, 9.17) is 4.74 Å². The maximum absolute atomic E-state index is 12.7. The van der Waals surface area contributed by atoms with E-state index in [1.54, 1.807) is 18.3 Å². The minimum absolute atomic E-state index is 0.159. The SMILES string of the molecule is CCCCCCCCCCCCC1=C(OC)C(=O)c2cccnc2C1=O. The summed E-state index contributed by atoms with van der Waals surface area (Å²) in [6, 6.07) is 3.31. The standard InChI is InChI=1S/C22H31NO3/c1-3-4-5-6-7-8-9-10-11-12-14-18-20(24)19-17(15-13-16-23-19)21(25)22(18)26-2/h13,15-16H,3-12,14H2,1-2H3. The number of hydrogen-bond acceptors (Lipinski definition) is 4. The average molecular weight is 357 g/mol. The van der Waals surface area contributed by atoms with Crippen LogP contribution in [0.2, 0.25) is 0 Å². The number of ketones is 2. The molecular weight excluding hydrogens is 326 g/mol. The first kappa shape index (κ1) is 20.3. The van der Waals surface area contributed by atoms with Crippen LogP contribution in [0.15, 0.2) is 29.7 Å². The first-order valence-corrected chi connectivity index (χ1v) is 10.0. The second-order valence-electron chi connectivity index (χ2n) is 7.00. The van der Waals surface area contributed by atoms with Gasteiger partial charge >= 0.3 is 0 Å². The van der Waals surface area contributed by atoms with Crippen molar-refractivity contribution in [2.24, 2.45) is 0 Å². The van der Waals surface area contributed by atoms with Crippen LogP contribution >= 0.6 is 0 Å². The molecule has 0 aromatic carbocycles. The summed E-state index contributed by atoms with van der Waals surface area (Å²) in [6.45, 7) is 2.24. The Hall–Kier alpha value is -1.97. The number of unbranched alkanes of at least 4 members (excludes halogenated alkanes) is 9. The number of rotatable bonds is 12. The van der Waals surface area contributed by atoms with E-state index in [0.717, 1.165) is 12.8 Å². The third-order valence-corrected chi connectivity index (χ3v) is 5.01. The molecule has 0 amide bonds. The number of methoxy groups -OCH3 is 1. The molecule has 1 aliphatic carbocycles. The normalized spacial score (nSPS) is 13.9. The Morgan fingerprint density at radius 3 is 2.12 bits per heavy atom. The fourth-order valence-corrected chi connectivity index (χ4v) is 3.51. The highest BCUT2D eigenvalue weighted by atomic mass is 16.5. The van der Waals surface area contributed by atoms with E-state index in [1.165, 1.54) is 58.5 Å². The van der Waals surface area contributed by atoms with Crippen LogP contribution in [0.5, 0.6) is 0 Å². The van der Waals surface area contributed by atoms with Gasteiger partial charge in [0.25, 0.3) is 0 Å². The van der Waals surface area contributed by atoms with Crippen LogP contribution in [0.4, 0.5) is 0 Å². The number of carbonyl (C=O) groups is 2. The summed E-state index contributed by atoms with van der Waals surface area (Å²) in [5.41, 5.74) is 1.10. The lowest BCUT2D eigenvalue weighted by Gasteiger charge is -2.19. The first-order valence-electron chi connectivity index (χ1n) is 10.0. The number of allylic oxidation sites excluding steroid dienone is 2. The molecule has 1 aromatic rings. The van der Waals surface area contributed by atoms with Crippen molar-refractivity contribution in [3.8, 4) is 0 Å². The largest absolute Gasteiger partial charge is 0.492 e. The zero-order valence-corrected chi connectivity index (χ0v) is 16.2. The van der Waals surface area contributed by atoms with E-state index in [1.807, 2.05) is 0 Å². The lowest BCUT2D eigenvalue weighted by molar-refractivity contribution is 0.0899. The van der Waals surface area contributed by atoms with Gasteiger partial charge in [0, 0.05) is 11.8 Å². The van der Waals surface area contributed by atoms with Crippen LogP contribution in [0.3, 0.4) is 0 Å². The van der Waals surface area contributed by atoms with Gasteiger partial charge in [-0.05, 0) is 25.0 Å². The van der Waals surface area contributed by atoms with Gasteiger partial charge in [-0.25, -0.2) is 0 Å². The Kier molecular flexibility index (Phi) is 8.52. The minimum Gasteiger partial charge on any atom is -0.492 e. The van der Waals surface area contributed by atoms with Gasteiger partial charge in [-0.1, -0.05) is 64.7 Å². The van der Waals surface area contributed by atoms with Crippen LogP contribution in [-0.4, -0.2) is 23.7 Å². The average Bonchev–Trinajstić information content (AvgIpc) is 2.67. The van der Waals surface area contributed by atoms with E-state index in [9.17, 15) is 9.59 Å². The minimum atomic E-state index is -0.225. The van der Waals surface area contributed by atoms with Gasteiger partial charge in [0.15, 0.2) is 5.76 Å². The van der Waals surface area contributed by atoms with E-state index in [-0.39, 0.29) is 23.0 Å². The zero-order valence-electron chi connectivity index (χ0n) is 16.2. The van der Waals surface area contributed by atoms with Gasteiger partial charge < -0.3 is 4.74 Å². The van der Waals surface area contributed by atoms with Gasteiger partial charge in [-0.3, -0.25) is 14.6 Å². The first-order chi connectivity index (χ1) is 12.7. The molecule has 1 heterocycles. The molecule has 2 rings (SSSR count). The molecule has 0 aliphatic heterocycles.